The Kier molecular flexibility index (Phi) is 3.22. The maximum Gasteiger partial charge on any atom is 0.142 e. The third kappa shape index (κ3) is 2.10. The fourth-order valence-electron chi connectivity index (χ4n) is 3.08. The van der Waals surface area contributed by atoms with E-state index in [0.29, 0.717) is 5.92 Å². The van der Waals surface area contributed by atoms with Crippen molar-refractivity contribution in [3.8, 4) is 0 Å². The van der Waals surface area contributed by atoms with Gasteiger partial charge in [-0.05, 0) is 30.6 Å². The molecule has 0 N–H and O–H groups in total. The normalized spacial score (nSPS) is 23.8. The molecule has 1 aliphatic heterocycles. The van der Waals surface area contributed by atoms with Crippen LogP contribution in [0.2, 0.25) is 0 Å². The summed E-state index contributed by atoms with van der Waals surface area (Å²) in [7, 11) is 0. The van der Waals surface area contributed by atoms with Crippen LogP contribution in [0.4, 0.5) is 0 Å². The van der Waals surface area contributed by atoms with Crippen LogP contribution in [-0.2, 0) is 4.74 Å². The Balaban J connectivity index is 1.93. The van der Waals surface area contributed by atoms with Gasteiger partial charge in [-0.1, -0.05) is 50.1 Å². The molecule has 1 atom stereocenters. The molecular formula is C17H20O. The minimum atomic E-state index is 0.0307. The SMILES string of the molecule is C=CC1OC(C2CCCCC2)=Cc2ccccc21. The van der Waals surface area contributed by atoms with Crippen molar-refractivity contribution < 1.29 is 4.74 Å². The molecule has 0 amide bonds. The maximum atomic E-state index is 6.14. The Morgan fingerprint density at radius 1 is 1.11 bits per heavy atom. The summed E-state index contributed by atoms with van der Waals surface area (Å²) in [4.78, 5) is 0. The molecule has 18 heavy (non-hydrogen) atoms. The van der Waals surface area contributed by atoms with Gasteiger partial charge in [-0.25, -0.2) is 0 Å². The van der Waals surface area contributed by atoms with Crippen molar-refractivity contribution in [3.63, 3.8) is 0 Å². The van der Waals surface area contributed by atoms with Crippen molar-refractivity contribution >= 4 is 6.08 Å². The predicted octanol–water partition coefficient (Wildman–Crippen LogP) is 4.87. The van der Waals surface area contributed by atoms with Crippen LogP contribution in [0.1, 0.15) is 49.3 Å². The Hall–Kier alpha value is -1.50. The highest BCUT2D eigenvalue weighted by Gasteiger charge is 2.26. The first-order chi connectivity index (χ1) is 8.88. The molecule has 1 heterocycles. The number of benzene rings is 1. The molecule has 0 bridgehead atoms. The molecule has 0 spiro atoms. The largest absolute Gasteiger partial charge is 0.486 e. The van der Waals surface area contributed by atoms with Gasteiger partial charge in [0.05, 0.1) is 0 Å². The molecule has 1 saturated carbocycles. The number of rotatable bonds is 2. The lowest BCUT2D eigenvalue weighted by Gasteiger charge is -2.31. The summed E-state index contributed by atoms with van der Waals surface area (Å²) >= 11 is 0. The number of hydrogen-bond acceptors (Lipinski definition) is 1. The first-order valence-corrected chi connectivity index (χ1v) is 6.98. The second-order valence-corrected chi connectivity index (χ2v) is 5.28. The van der Waals surface area contributed by atoms with Crippen LogP contribution in [0, 0.1) is 5.92 Å². The highest BCUT2D eigenvalue weighted by Crippen LogP contribution is 2.39. The lowest BCUT2D eigenvalue weighted by molar-refractivity contribution is 0.115. The molecular weight excluding hydrogens is 220 g/mol. The highest BCUT2D eigenvalue weighted by molar-refractivity contribution is 5.59. The van der Waals surface area contributed by atoms with Gasteiger partial charge in [0, 0.05) is 11.5 Å². The molecule has 1 aromatic rings. The third-order valence-electron chi connectivity index (χ3n) is 4.08. The number of hydrogen-bond donors (Lipinski definition) is 0. The van der Waals surface area contributed by atoms with E-state index in [1.54, 1.807) is 0 Å². The number of ether oxygens (including phenoxy) is 1. The van der Waals surface area contributed by atoms with Crippen molar-refractivity contribution in [2.24, 2.45) is 5.92 Å². The molecule has 1 aliphatic carbocycles. The highest BCUT2D eigenvalue weighted by atomic mass is 16.5. The Morgan fingerprint density at radius 2 is 1.89 bits per heavy atom. The second-order valence-electron chi connectivity index (χ2n) is 5.28. The zero-order chi connectivity index (χ0) is 12.4. The van der Waals surface area contributed by atoms with Crippen LogP contribution in [0.25, 0.3) is 6.08 Å². The van der Waals surface area contributed by atoms with Crippen molar-refractivity contribution in [1.29, 1.82) is 0 Å². The summed E-state index contributed by atoms with van der Waals surface area (Å²) in [5, 5.41) is 0. The zero-order valence-corrected chi connectivity index (χ0v) is 10.8. The molecule has 1 nitrogen and oxygen atoms in total. The molecule has 1 aromatic carbocycles. The summed E-state index contributed by atoms with van der Waals surface area (Å²) in [6.45, 7) is 3.91. The van der Waals surface area contributed by atoms with Crippen LogP contribution in [0.15, 0.2) is 42.7 Å². The second kappa shape index (κ2) is 5.01. The standard InChI is InChI=1S/C17H20O/c1-2-16-15-11-7-6-10-14(15)12-17(18-16)13-8-4-3-5-9-13/h2,6-7,10-13,16H,1,3-5,8-9H2. The fourth-order valence-corrected chi connectivity index (χ4v) is 3.08. The average molecular weight is 240 g/mol. The first kappa shape index (κ1) is 11.6. The molecule has 3 rings (SSSR count). The minimum Gasteiger partial charge on any atom is -0.486 e. The first-order valence-electron chi connectivity index (χ1n) is 6.98. The van der Waals surface area contributed by atoms with E-state index in [-0.39, 0.29) is 6.10 Å². The lowest BCUT2D eigenvalue weighted by atomic mass is 9.85. The van der Waals surface area contributed by atoms with Crippen molar-refractivity contribution in [2.75, 3.05) is 0 Å². The Labute approximate surface area is 109 Å². The van der Waals surface area contributed by atoms with Crippen molar-refractivity contribution in [1.82, 2.24) is 0 Å². The van der Waals surface area contributed by atoms with Crippen LogP contribution in [-0.4, -0.2) is 0 Å². The quantitative estimate of drug-likeness (QED) is 0.670. The molecule has 0 saturated heterocycles. The van der Waals surface area contributed by atoms with Gasteiger partial charge >= 0.3 is 0 Å². The average Bonchev–Trinajstić information content (AvgIpc) is 2.47. The summed E-state index contributed by atoms with van der Waals surface area (Å²) in [5.41, 5.74) is 2.54. The van der Waals surface area contributed by atoms with E-state index in [1.165, 1.54) is 49.0 Å². The lowest BCUT2D eigenvalue weighted by Crippen LogP contribution is -2.17. The number of allylic oxidation sites excluding steroid dienone is 1. The van der Waals surface area contributed by atoms with Gasteiger partial charge in [-0.2, -0.15) is 0 Å². The van der Waals surface area contributed by atoms with Gasteiger partial charge in [-0.3, -0.25) is 0 Å². The Bertz CT molecular complexity index is 466. The minimum absolute atomic E-state index is 0.0307. The zero-order valence-electron chi connectivity index (χ0n) is 10.8. The van der Waals surface area contributed by atoms with Gasteiger partial charge in [-0.15, -0.1) is 0 Å². The topological polar surface area (TPSA) is 9.23 Å². The molecule has 1 unspecified atom stereocenters. The van der Waals surface area contributed by atoms with Crippen molar-refractivity contribution in [2.45, 2.75) is 38.2 Å². The number of fused-ring (bicyclic) bond motifs is 1. The van der Waals surface area contributed by atoms with E-state index in [1.807, 2.05) is 6.08 Å². The molecule has 2 aliphatic rings. The van der Waals surface area contributed by atoms with Gasteiger partial charge < -0.3 is 4.74 Å². The third-order valence-corrected chi connectivity index (χ3v) is 4.08. The molecule has 94 valence electrons. The summed E-state index contributed by atoms with van der Waals surface area (Å²) in [5.74, 6) is 1.80. The van der Waals surface area contributed by atoms with E-state index in [0.717, 1.165) is 0 Å². The molecule has 1 fully saturated rings. The summed E-state index contributed by atoms with van der Waals surface area (Å²) in [6, 6.07) is 8.48. The summed E-state index contributed by atoms with van der Waals surface area (Å²) in [6.07, 6.45) is 10.8. The van der Waals surface area contributed by atoms with E-state index >= 15 is 0 Å². The molecule has 0 radical (unpaired) electrons. The molecule has 1 heteroatoms. The maximum absolute atomic E-state index is 6.14. The smallest absolute Gasteiger partial charge is 0.142 e. The predicted molar refractivity (Wildman–Crippen MR) is 75.0 cm³/mol. The molecule has 0 aromatic heterocycles. The Morgan fingerprint density at radius 3 is 2.67 bits per heavy atom. The van der Waals surface area contributed by atoms with Crippen LogP contribution >= 0.6 is 0 Å². The van der Waals surface area contributed by atoms with Crippen molar-refractivity contribution in [3.05, 3.63) is 53.8 Å². The van der Waals surface area contributed by atoms with Crippen LogP contribution in [0.5, 0.6) is 0 Å². The summed E-state index contributed by atoms with van der Waals surface area (Å²) < 4.78 is 6.14. The fraction of sp³-hybridized carbons (Fsp3) is 0.412. The van der Waals surface area contributed by atoms with E-state index in [2.05, 4.69) is 36.9 Å². The van der Waals surface area contributed by atoms with E-state index in [4.69, 9.17) is 4.74 Å². The van der Waals surface area contributed by atoms with Gasteiger partial charge in [0.1, 0.15) is 11.9 Å². The van der Waals surface area contributed by atoms with Crippen LogP contribution < -0.4 is 0 Å². The van der Waals surface area contributed by atoms with E-state index in [9.17, 15) is 0 Å². The van der Waals surface area contributed by atoms with Gasteiger partial charge in [0.15, 0.2) is 0 Å². The van der Waals surface area contributed by atoms with Gasteiger partial charge in [0.25, 0.3) is 0 Å². The van der Waals surface area contributed by atoms with Crippen LogP contribution in [0.3, 0.4) is 0 Å². The monoisotopic (exact) mass is 240 g/mol. The van der Waals surface area contributed by atoms with Gasteiger partial charge in [0.2, 0.25) is 0 Å². The van der Waals surface area contributed by atoms with E-state index < -0.39 is 0 Å².